The third-order valence-corrected chi connectivity index (χ3v) is 23.8. The number of hydrogen-bond acceptors (Lipinski definition) is 2. The Balaban J connectivity index is 1.07. The van der Waals surface area contributed by atoms with Gasteiger partial charge >= 0.3 is 0 Å². The van der Waals surface area contributed by atoms with Crippen molar-refractivity contribution in [3.8, 4) is 50.2 Å². The number of nitrogens with zero attached hydrogens (tertiary/aromatic N) is 2. The van der Waals surface area contributed by atoms with E-state index in [0.29, 0.717) is 0 Å². The molecular weight excluding hydrogens is 1250 g/mol. The van der Waals surface area contributed by atoms with Crippen LogP contribution >= 0.6 is 11.8 Å². The second-order valence-corrected chi connectivity index (χ2v) is 36.6. The molecule has 13 aromatic rings. The summed E-state index contributed by atoms with van der Waals surface area (Å²) in [5.41, 5.74) is 31.6. The molecule has 12 aromatic carbocycles. The lowest BCUT2D eigenvalue weighted by Gasteiger charge is -2.42. The fourth-order valence-electron chi connectivity index (χ4n) is 15.9. The van der Waals surface area contributed by atoms with Crippen LogP contribution in [0.4, 0.5) is 17.1 Å². The van der Waals surface area contributed by atoms with Crippen LogP contribution in [-0.2, 0) is 37.9 Å². The first-order chi connectivity index (χ1) is 48.2. The van der Waals surface area contributed by atoms with Crippen LogP contribution in [0, 0.1) is 0 Å². The van der Waals surface area contributed by atoms with Crippen LogP contribution < -0.4 is 21.3 Å². The highest BCUT2D eigenvalue weighted by Gasteiger charge is 2.44. The second-order valence-electron chi connectivity index (χ2n) is 35.5. The Morgan fingerprint density at radius 2 is 0.725 bits per heavy atom. The Morgan fingerprint density at radius 1 is 0.275 bits per heavy atom. The zero-order valence-corrected chi connectivity index (χ0v) is 64.4. The maximum atomic E-state index is 2.73. The lowest BCUT2D eigenvalue weighted by Crippen LogP contribution is -2.60. The number of aromatic nitrogens is 1. The predicted molar refractivity (Wildman–Crippen MR) is 443 cm³/mol. The maximum Gasteiger partial charge on any atom is 0.249 e. The molecule has 3 heterocycles. The maximum absolute atomic E-state index is 2.73. The van der Waals surface area contributed by atoms with E-state index in [1.807, 2.05) is 11.8 Å². The summed E-state index contributed by atoms with van der Waals surface area (Å²) >= 11 is 1.94. The highest BCUT2D eigenvalue weighted by atomic mass is 32.2. The third-order valence-electron chi connectivity index (χ3n) is 22.6. The molecule has 0 aliphatic carbocycles. The summed E-state index contributed by atoms with van der Waals surface area (Å²) in [4.78, 5) is 5.28. The largest absolute Gasteiger partial charge is 0.310 e. The second kappa shape index (κ2) is 24.7. The van der Waals surface area contributed by atoms with E-state index >= 15 is 0 Å². The molecule has 0 amide bonds. The minimum Gasteiger partial charge on any atom is -0.310 e. The summed E-state index contributed by atoms with van der Waals surface area (Å²) < 4.78 is 2.57. The van der Waals surface area contributed by atoms with Crippen LogP contribution in [0.25, 0.3) is 72.0 Å². The van der Waals surface area contributed by atoms with Crippen LogP contribution in [-0.4, -0.2) is 11.3 Å². The Hall–Kier alpha value is -9.35. The first kappa shape index (κ1) is 68.4. The number of benzene rings is 12. The molecule has 0 unspecified atom stereocenters. The summed E-state index contributed by atoms with van der Waals surface area (Å²) in [6.45, 7) is 44.6. The van der Waals surface area contributed by atoms with Crippen molar-refractivity contribution in [3.63, 3.8) is 0 Å². The van der Waals surface area contributed by atoms with E-state index < -0.39 is 0 Å². The van der Waals surface area contributed by atoms with Crippen LogP contribution in [0.15, 0.2) is 265 Å². The van der Waals surface area contributed by atoms with Crippen molar-refractivity contribution in [2.24, 2.45) is 0 Å². The molecule has 0 spiro atoms. The van der Waals surface area contributed by atoms with Crippen molar-refractivity contribution < 1.29 is 0 Å². The zero-order chi connectivity index (χ0) is 72.0. The van der Waals surface area contributed by atoms with E-state index in [1.54, 1.807) is 0 Å². The lowest BCUT2D eigenvalue weighted by atomic mass is 9.34. The highest BCUT2D eigenvalue weighted by Crippen LogP contribution is 2.52. The van der Waals surface area contributed by atoms with Crippen molar-refractivity contribution in [1.29, 1.82) is 0 Å². The molecule has 15 rings (SSSR count). The SMILES string of the molecule is CC(C)(C)c1cc(-c2ccc3c(c2)B2c4cc(-c5cc(C(C)(C)C)cc(C(C)(C)C)c5)ccc4N(c4c(-c5ccc(C(C)(C)c6ccccc6)cc5)cccc4-c4cccc(C(C)(C)c5ccccc5)c4)c4cc(-n5c6ccccc6c6cc(C(C)(C)C)ccc65)cc(c42)S3)cc(C(C)(C)C)c1. The topological polar surface area (TPSA) is 8.17 Å². The van der Waals surface area contributed by atoms with E-state index in [-0.39, 0.29) is 44.6 Å². The summed E-state index contributed by atoms with van der Waals surface area (Å²) in [5, 5.41) is 2.52. The van der Waals surface area contributed by atoms with Gasteiger partial charge in [0.2, 0.25) is 6.71 Å². The van der Waals surface area contributed by atoms with Gasteiger partial charge in [0.25, 0.3) is 0 Å². The smallest absolute Gasteiger partial charge is 0.249 e. The van der Waals surface area contributed by atoms with Crippen LogP contribution in [0.1, 0.15) is 182 Å². The van der Waals surface area contributed by atoms with Gasteiger partial charge < -0.3 is 9.47 Å². The number of anilines is 3. The van der Waals surface area contributed by atoms with Gasteiger partial charge in [-0.2, -0.15) is 0 Å². The predicted octanol–water partition coefficient (Wildman–Crippen LogP) is 25.4. The van der Waals surface area contributed by atoms with E-state index in [4.69, 9.17) is 0 Å². The number of rotatable bonds is 10. The van der Waals surface area contributed by atoms with E-state index in [0.717, 1.165) is 22.5 Å². The fourth-order valence-corrected chi connectivity index (χ4v) is 17.1. The summed E-state index contributed by atoms with van der Waals surface area (Å²) in [6.07, 6.45) is 0. The number of hydrogen-bond donors (Lipinski definition) is 0. The molecular formula is C98H99BN2S. The first-order valence-corrected chi connectivity index (χ1v) is 37.8. The Kier molecular flexibility index (Phi) is 16.6. The monoisotopic (exact) mass is 1350 g/mol. The molecule has 0 bridgehead atoms. The molecule has 4 heteroatoms. The molecule has 2 nitrogen and oxygen atoms in total. The normalized spacial score (nSPS) is 13.6. The molecule has 0 radical (unpaired) electrons. The minimum atomic E-state index is -0.288. The quantitative estimate of drug-likeness (QED) is 0.126. The zero-order valence-electron chi connectivity index (χ0n) is 63.6. The fraction of sp³-hybridized carbons (Fsp3) is 0.265. The van der Waals surface area contributed by atoms with Gasteiger partial charge in [0, 0.05) is 59.6 Å². The van der Waals surface area contributed by atoms with E-state index in [9.17, 15) is 0 Å². The summed E-state index contributed by atoms with van der Waals surface area (Å²) in [5.74, 6) is 0. The molecule has 1 aromatic heterocycles. The molecule has 0 N–H and O–H groups in total. The Morgan fingerprint density at radius 3 is 1.29 bits per heavy atom. The highest BCUT2D eigenvalue weighted by molar-refractivity contribution is 8.00. The average Bonchev–Trinajstić information content (AvgIpc) is 1.65. The molecule has 0 atom stereocenters. The van der Waals surface area contributed by atoms with Crippen molar-refractivity contribution >= 4 is 73.7 Å². The summed E-state index contributed by atoms with van der Waals surface area (Å²) in [6, 6.07) is 99.4. The van der Waals surface area contributed by atoms with Gasteiger partial charge in [-0.15, -0.1) is 0 Å². The Bertz CT molecular complexity index is 5370. The summed E-state index contributed by atoms with van der Waals surface area (Å²) in [7, 11) is 0. The molecule has 0 fully saturated rings. The number of fused-ring (bicyclic) bond motifs is 7. The van der Waals surface area contributed by atoms with Crippen molar-refractivity contribution in [2.75, 3.05) is 4.90 Å². The lowest BCUT2D eigenvalue weighted by molar-refractivity contribution is 0.568. The van der Waals surface area contributed by atoms with Crippen LogP contribution in [0.5, 0.6) is 0 Å². The van der Waals surface area contributed by atoms with E-state index in [1.165, 1.54) is 143 Å². The van der Waals surface area contributed by atoms with Gasteiger partial charge in [-0.1, -0.05) is 361 Å². The minimum absolute atomic E-state index is 0.0328. The van der Waals surface area contributed by atoms with Gasteiger partial charge in [0.15, 0.2) is 0 Å². The van der Waals surface area contributed by atoms with Gasteiger partial charge in [-0.3, -0.25) is 0 Å². The van der Waals surface area contributed by atoms with Crippen LogP contribution in [0.2, 0.25) is 0 Å². The third kappa shape index (κ3) is 12.2. The van der Waals surface area contributed by atoms with Gasteiger partial charge in [0.1, 0.15) is 0 Å². The van der Waals surface area contributed by atoms with Gasteiger partial charge in [-0.25, -0.2) is 0 Å². The van der Waals surface area contributed by atoms with E-state index in [2.05, 4.69) is 396 Å². The van der Waals surface area contributed by atoms with Crippen molar-refractivity contribution in [2.45, 2.75) is 179 Å². The van der Waals surface area contributed by atoms with Crippen molar-refractivity contribution in [1.82, 2.24) is 4.57 Å². The molecule has 0 saturated carbocycles. The van der Waals surface area contributed by atoms with Crippen molar-refractivity contribution in [3.05, 3.63) is 305 Å². The molecule has 0 saturated heterocycles. The average molecular weight is 1350 g/mol. The van der Waals surface area contributed by atoms with Gasteiger partial charge in [-0.05, 0) is 164 Å². The van der Waals surface area contributed by atoms with Gasteiger partial charge in [0.05, 0.1) is 16.7 Å². The van der Waals surface area contributed by atoms with Crippen LogP contribution in [0.3, 0.4) is 0 Å². The first-order valence-electron chi connectivity index (χ1n) is 37.0. The Labute approximate surface area is 613 Å². The molecule has 102 heavy (non-hydrogen) atoms. The molecule has 2 aliphatic heterocycles. The standard InChI is InChI=1S/C98H99BN2S/c1-92(2,3)71-46-48-85-81(59-71)80-36-26-27-39-84(80)100(85)77-60-87-90-89(61-77)102-88-49-43-64(67-53-75(95(10,11)12)58-76(54-67)96(13,14)15)56-83(88)99(90)82-55-63(66-51-73(93(4,5)6)57-74(52-66)94(7,8)9)42-47-86(82)101(87)91-78(62-40-44-70(45-41-62)97(16,17)68-31-22-20-23-32-68)37-29-38-79(91)65-30-28-35-72(50-65)98(18,19)69-33-24-21-25-34-69/h20-61H,1-19H3. The molecule has 2 aliphatic rings. The number of para-hydroxylation sites is 2. The molecule has 510 valence electrons.